The Kier molecular flexibility index (Phi) is 4.80. The number of hydrogen-bond acceptors (Lipinski definition) is 4. The Bertz CT molecular complexity index is 753. The SMILES string of the molecule is Nc1cccc(Oc2ccc(C(=O)NC3CC4CCN(CC4)C3)cc2)c1. The number of benzene rings is 2. The van der Waals surface area contributed by atoms with Gasteiger partial charge < -0.3 is 20.7 Å². The van der Waals surface area contributed by atoms with Crippen LogP contribution in [0.15, 0.2) is 48.5 Å². The molecule has 3 fully saturated rings. The van der Waals surface area contributed by atoms with Crippen molar-refractivity contribution in [3.8, 4) is 11.5 Å². The molecule has 0 radical (unpaired) electrons. The summed E-state index contributed by atoms with van der Waals surface area (Å²) in [5, 5.41) is 3.21. The summed E-state index contributed by atoms with van der Waals surface area (Å²) in [5.41, 5.74) is 7.09. The molecule has 3 saturated heterocycles. The van der Waals surface area contributed by atoms with Crippen LogP contribution in [0.1, 0.15) is 29.6 Å². The highest BCUT2D eigenvalue weighted by atomic mass is 16.5. The summed E-state index contributed by atoms with van der Waals surface area (Å²) in [6.07, 6.45) is 3.63. The molecule has 136 valence electrons. The summed E-state index contributed by atoms with van der Waals surface area (Å²) in [6.45, 7) is 3.32. The van der Waals surface area contributed by atoms with Gasteiger partial charge in [-0.3, -0.25) is 4.79 Å². The van der Waals surface area contributed by atoms with Crippen molar-refractivity contribution in [2.45, 2.75) is 25.3 Å². The predicted molar refractivity (Wildman–Crippen MR) is 102 cm³/mol. The first kappa shape index (κ1) is 16.9. The lowest BCUT2D eigenvalue weighted by molar-refractivity contribution is 0.0929. The molecule has 1 atom stereocenters. The van der Waals surface area contributed by atoms with Crippen LogP contribution in [-0.4, -0.2) is 36.5 Å². The highest BCUT2D eigenvalue weighted by Crippen LogP contribution is 2.27. The number of nitrogens with two attached hydrogens (primary N) is 1. The normalized spacial score (nSPS) is 24.7. The number of carbonyl (C=O) groups is 1. The number of rotatable bonds is 4. The minimum atomic E-state index is -0.00648. The summed E-state index contributed by atoms with van der Waals surface area (Å²) in [7, 11) is 0. The molecule has 0 aliphatic carbocycles. The zero-order valence-electron chi connectivity index (χ0n) is 14.9. The molecule has 3 N–H and O–H groups in total. The van der Waals surface area contributed by atoms with Crippen LogP contribution in [0, 0.1) is 5.92 Å². The monoisotopic (exact) mass is 351 g/mol. The van der Waals surface area contributed by atoms with Crippen LogP contribution in [0.5, 0.6) is 11.5 Å². The quantitative estimate of drug-likeness (QED) is 0.830. The van der Waals surface area contributed by atoms with E-state index in [1.165, 1.54) is 25.9 Å². The number of anilines is 1. The van der Waals surface area contributed by atoms with Crippen molar-refractivity contribution in [2.75, 3.05) is 25.4 Å². The summed E-state index contributed by atoms with van der Waals surface area (Å²) in [5.74, 6) is 2.12. The fourth-order valence-corrected chi connectivity index (χ4v) is 3.96. The average Bonchev–Trinajstić information content (AvgIpc) is 2.94. The minimum Gasteiger partial charge on any atom is -0.457 e. The molecule has 1 unspecified atom stereocenters. The van der Waals surface area contributed by atoms with Crippen LogP contribution >= 0.6 is 0 Å². The van der Waals surface area contributed by atoms with Crippen molar-refractivity contribution in [2.24, 2.45) is 5.92 Å². The van der Waals surface area contributed by atoms with Crippen molar-refractivity contribution in [1.29, 1.82) is 0 Å². The van der Waals surface area contributed by atoms with Gasteiger partial charge in [-0.05, 0) is 74.7 Å². The first-order valence-electron chi connectivity index (χ1n) is 9.32. The van der Waals surface area contributed by atoms with E-state index in [1.807, 2.05) is 42.5 Å². The predicted octanol–water partition coefficient (Wildman–Crippen LogP) is 3.28. The number of nitrogen functional groups attached to an aromatic ring is 1. The van der Waals surface area contributed by atoms with Gasteiger partial charge >= 0.3 is 0 Å². The molecule has 26 heavy (non-hydrogen) atoms. The lowest BCUT2D eigenvalue weighted by atomic mass is 9.94. The zero-order valence-corrected chi connectivity index (χ0v) is 14.9. The van der Waals surface area contributed by atoms with Gasteiger partial charge in [0.05, 0.1) is 0 Å². The molecule has 2 aromatic rings. The topological polar surface area (TPSA) is 67.6 Å². The highest BCUT2D eigenvalue weighted by Gasteiger charge is 2.29. The number of hydrogen-bond donors (Lipinski definition) is 2. The van der Waals surface area contributed by atoms with Gasteiger partial charge in [0.15, 0.2) is 0 Å². The zero-order chi connectivity index (χ0) is 17.9. The molecular formula is C21H25N3O2. The molecule has 2 bridgehead atoms. The summed E-state index contributed by atoms with van der Waals surface area (Å²) in [4.78, 5) is 15.1. The fraction of sp³-hybridized carbons (Fsp3) is 0.381. The second kappa shape index (κ2) is 7.38. The molecule has 0 spiro atoms. The Balaban J connectivity index is 1.37. The molecule has 1 amide bonds. The summed E-state index contributed by atoms with van der Waals surface area (Å²) < 4.78 is 5.78. The first-order chi connectivity index (χ1) is 12.7. The van der Waals surface area contributed by atoms with E-state index in [4.69, 9.17) is 10.5 Å². The number of carbonyl (C=O) groups excluding carboxylic acids is 1. The Morgan fingerprint density at radius 2 is 1.85 bits per heavy atom. The van der Waals surface area contributed by atoms with Gasteiger partial charge in [0.2, 0.25) is 0 Å². The minimum absolute atomic E-state index is 0.00648. The average molecular weight is 351 g/mol. The maximum Gasteiger partial charge on any atom is 0.251 e. The summed E-state index contributed by atoms with van der Waals surface area (Å²) in [6, 6.07) is 14.8. The maximum absolute atomic E-state index is 12.6. The Hall–Kier alpha value is -2.53. The molecule has 5 rings (SSSR count). The number of ether oxygens (including phenoxy) is 1. The van der Waals surface area contributed by atoms with Crippen molar-refractivity contribution in [1.82, 2.24) is 10.2 Å². The van der Waals surface area contributed by atoms with Crippen molar-refractivity contribution >= 4 is 11.6 Å². The third-order valence-corrected chi connectivity index (χ3v) is 5.35. The number of piperidine rings is 1. The standard InChI is InChI=1S/C21H25N3O2/c22-17-2-1-3-20(13-17)26-19-6-4-16(5-7-19)21(25)23-18-12-15-8-10-24(14-18)11-9-15/h1-7,13,15,18H,8-12,14,22H2,(H,23,25). The molecule has 5 nitrogen and oxygen atoms in total. The van der Waals surface area contributed by atoms with Gasteiger partial charge in [0, 0.05) is 29.9 Å². The van der Waals surface area contributed by atoms with Gasteiger partial charge in [-0.15, -0.1) is 0 Å². The maximum atomic E-state index is 12.6. The number of fused-ring (bicyclic) bond motifs is 4. The van der Waals surface area contributed by atoms with Gasteiger partial charge in [0.1, 0.15) is 11.5 Å². The fourth-order valence-electron chi connectivity index (χ4n) is 3.96. The van der Waals surface area contributed by atoms with E-state index in [1.54, 1.807) is 6.07 Å². The van der Waals surface area contributed by atoms with E-state index < -0.39 is 0 Å². The molecule has 0 saturated carbocycles. The number of nitrogens with zero attached hydrogens (tertiary/aromatic N) is 1. The van der Waals surface area contributed by atoms with E-state index in [0.29, 0.717) is 22.7 Å². The lowest BCUT2D eigenvalue weighted by Crippen LogP contribution is -2.41. The summed E-state index contributed by atoms with van der Waals surface area (Å²) >= 11 is 0. The van der Waals surface area contributed by atoms with Crippen LogP contribution in [0.3, 0.4) is 0 Å². The molecule has 3 aliphatic rings. The van der Waals surface area contributed by atoms with Crippen LogP contribution in [0.2, 0.25) is 0 Å². The van der Waals surface area contributed by atoms with Gasteiger partial charge in [-0.2, -0.15) is 0 Å². The first-order valence-corrected chi connectivity index (χ1v) is 9.32. The Labute approximate surface area is 154 Å². The molecule has 3 heterocycles. The van der Waals surface area contributed by atoms with Crippen molar-refractivity contribution < 1.29 is 9.53 Å². The molecule has 2 aromatic carbocycles. The number of amides is 1. The van der Waals surface area contributed by atoms with E-state index in [9.17, 15) is 4.79 Å². The lowest BCUT2D eigenvalue weighted by Gasteiger charge is -2.26. The Morgan fingerprint density at radius 3 is 2.58 bits per heavy atom. The van der Waals surface area contributed by atoms with E-state index >= 15 is 0 Å². The van der Waals surface area contributed by atoms with E-state index in [-0.39, 0.29) is 11.9 Å². The number of nitrogens with one attached hydrogen (secondary N) is 1. The third kappa shape index (κ3) is 3.99. The second-order valence-electron chi connectivity index (χ2n) is 7.35. The third-order valence-electron chi connectivity index (χ3n) is 5.35. The van der Waals surface area contributed by atoms with Crippen LogP contribution in [0.4, 0.5) is 5.69 Å². The van der Waals surface area contributed by atoms with Crippen LogP contribution in [0.25, 0.3) is 0 Å². The smallest absolute Gasteiger partial charge is 0.251 e. The van der Waals surface area contributed by atoms with E-state index in [2.05, 4.69) is 10.2 Å². The molecule has 0 aromatic heterocycles. The van der Waals surface area contributed by atoms with Crippen molar-refractivity contribution in [3.63, 3.8) is 0 Å². The van der Waals surface area contributed by atoms with Crippen LogP contribution < -0.4 is 15.8 Å². The largest absolute Gasteiger partial charge is 0.457 e. The molecular weight excluding hydrogens is 326 g/mol. The highest BCUT2D eigenvalue weighted by molar-refractivity contribution is 5.94. The van der Waals surface area contributed by atoms with Crippen LogP contribution in [-0.2, 0) is 0 Å². The van der Waals surface area contributed by atoms with Gasteiger partial charge in [-0.1, -0.05) is 6.07 Å². The van der Waals surface area contributed by atoms with E-state index in [0.717, 1.165) is 18.9 Å². The van der Waals surface area contributed by atoms with Crippen molar-refractivity contribution in [3.05, 3.63) is 54.1 Å². The Morgan fingerprint density at radius 1 is 1.08 bits per heavy atom. The molecule has 5 heteroatoms. The second-order valence-corrected chi connectivity index (χ2v) is 7.35. The molecule has 3 aliphatic heterocycles. The van der Waals surface area contributed by atoms with Gasteiger partial charge in [0.25, 0.3) is 5.91 Å². The van der Waals surface area contributed by atoms with Gasteiger partial charge in [-0.25, -0.2) is 0 Å².